The number of β-amino-alcohol motifs (C(OH)–C–C–N with tert-alkyl or cyclic N) is 1. The molecule has 5 heteroatoms. The van der Waals surface area contributed by atoms with Crippen molar-refractivity contribution < 1.29 is 14.9 Å². The van der Waals surface area contributed by atoms with Gasteiger partial charge in [0.2, 0.25) is 0 Å². The molecule has 1 heterocycles. The molecule has 0 saturated carbocycles. The van der Waals surface area contributed by atoms with Crippen LogP contribution in [0, 0.1) is 0 Å². The van der Waals surface area contributed by atoms with Crippen LogP contribution in [0.2, 0.25) is 0 Å². The van der Waals surface area contributed by atoms with E-state index in [0.717, 1.165) is 30.9 Å². The zero-order valence-electron chi connectivity index (χ0n) is 12.7. The van der Waals surface area contributed by atoms with E-state index in [9.17, 15) is 10.2 Å². The lowest BCUT2D eigenvalue weighted by Crippen LogP contribution is -2.36. The zero-order chi connectivity index (χ0) is 15.1. The molecule has 0 aliphatic carbocycles. The Morgan fingerprint density at radius 2 is 2.10 bits per heavy atom. The highest BCUT2D eigenvalue weighted by Gasteiger charge is 2.15. The van der Waals surface area contributed by atoms with Crippen LogP contribution in [0.1, 0.15) is 25.3 Å². The third-order valence-corrected chi connectivity index (χ3v) is 3.73. The van der Waals surface area contributed by atoms with Crippen molar-refractivity contribution in [3.8, 4) is 11.5 Å². The number of rotatable bonds is 8. The second-order valence-electron chi connectivity index (χ2n) is 5.52. The van der Waals surface area contributed by atoms with Crippen LogP contribution in [0.4, 0.5) is 0 Å². The van der Waals surface area contributed by atoms with E-state index in [-0.39, 0.29) is 11.9 Å². The molecular weight excluding hydrogens is 268 g/mol. The van der Waals surface area contributed by atoms with Crippen LogP contribution in [0.5, 0.6) is 11.5 Å². The lowest BCUT2D eigenvalue weighted by atomic mass is 10.2. The van der Waals surface area contributed by atoms with Gasteiger partial charge in [0.05, 0.1) is 12.7 Å². The summed E-state index contributed by atoms with van der Waals surface area (Å²) in [6.45, 7) is 6.48. The number of aliphatic hydroxyl groups excluding tert-OH is 1. The van der Waals surface area contributed by atoms with E-state index in [1.165, 1.54) is 12.8 Å². The third kappa shape index (κ3) is 5.19. The van der Waals surface area contributed by atoms with Gasteiger partial charge in [-0.05, 0) is 51.1 Å². The summed E-state index contributed by atoms with van der Waals surface area (Å²) in [4.78, 5) is 2.29. The van der Waals surface area contributed by atoms with Gasteiger partial charge in [-0.25, -0.2) is 0 Å². The highest BCUT2D eigenvalue weighted by molar-refractivity contribution is 5.39. The van der Waals surface area contributed by atoms with E-state index in [2.05, 4.69) is 10.2 Å². The minimum absolute atomic E-state index is 0.250. The normalized spacial score (nSPS) is 17.0. The lowest BCUT2D eigenvalue weighted by Gasteiger charge is -2.19. The number of nitrogens with one attached hydrogen (secondary N) is 1. The molecule has 1 fully saturated rings. The number of likely N-dealkylation sites (tertiary alicyclic amines) is 1. The van der Waals surface area contributed by atoms with Crippen LogP contribution < -0.4 is 10.1 Å². The molecule has 1 unspecified atom stereocenters. The molecule has 1 aliphatic rings. The van der Waals surface area contributed by atoms with Crippen molar-refractivity contribution in [3.63, 3.8) is 0 Å². The predicted octanol–water partition coefficient (Wildman–Crippen LogP) is 1.34. The number of phenolic OH excluding ortho intramolecular Hbond substituents is 1. The SMILES string of the molecule is CCOc1ccc(O)c(CNCC(O)CN2CCCC2)c1. The summed E-state index contributed by atoms with van der Waals surface area (Å²) in [7, 11) is 0. The average molecular weight is 294 g/mol. The molecule has 1 atom stereocenters. The predicted molar refractivity (Wildman–Crippen MR) is 82.7 cm³/mol. The fraction of sp³-hybridized carbons (Fsp3) is 0.625. The van der Waals surface area contributed by atoms with Gasteiger partial charge in [-0.3, -0.25) is 0 Å². The Labute approximate surface area is 126 Å². The maximum atomic E-state index is 10.0. The van der Waals surface area contributed by atoms with Gasteiger partial charge in [-0.15, -0.1) is 0 Å². The van der Waals surface area contributed by atoms with E-state index in [0.29, 0.717) is 19.7 Å². The van der Waals surface area contributed by atoms with Crippen LogP contribution in [-0.4, -0.2) is 54.0 Å². The molecule has 5 nitrogen and oxygen atoms in total. The summed E-state index contributed by atoms with van der Waals surface area (Å²) >= 11 is 0. The number of aliphatic hydroxyl groups is 1. The Kier molecular flexibility index (Phi) is 6.29. The van der Waals surface area contributed by atoms with Crippen LogP contribution in [0.15, 0.2) is 18.2 Å². The number of phenols is 1. The summed E-state index contributed by atoms with van der Waals surface area (Å²) < 4.78 is 5.42. The number of hydrogen-bond acceptors (Lipinski definition) is 5. The fourth-order valence-electron chi connectivity index (χ4n) is 2.66. The molecule has 118 valence electrons. The Morgan fingerprint density at radius 3 is 2.81 bits per heavy atom. The van der Waals surface area contributed by atoms with Crippen molar-refractivity contribution in [1.82, 2.24) is 10.2 Å². The first-order valence-electron chi connectivity index (χ1n) is 7.75. The molecular formula is C16H26N2O3. The zero-order valence-corrected chi connectivity index (χ0v) is 12.7. The molecule has 0 aromatic heterocycles. The average Bonchev–Trinajstić information content (AvgIpc) is 2.95. The minimum atomic E-state index is -0.375. The standard InChI is InChI=1S/C16H26N2O3/c1-2-21-15-5-6-16(20)13(9-15)10-17-11-14(19)12-18-7-3-4-8-18/h5-6,9,14,17,19-20H,2-4,7-8,10-12H2,1H3. The molecule has 0 amide bonds. The number of ether oxygens (including phenoxy) is 1. The smallest absolute Gasteiger partial charge is 0.120 e. The van der Waals surface area contributed by atoms with E-state index >= 15 is 0 Å². The summed E-state index contributed by atoms with van der Waals surface area (Å²) in [5.41, 5.74) is 0.786. The first-order valence-corrected chi connectivity index (χ1v) is 7.75. The minimum Gasteiger partial charge on any atom is -0.508 e. The van der Waals surface area contributed by atoms with Crippen molar-refractivity contribution in [3.05, 3.63) is 23.8 Å². The molecule has 0 spiro atoms. The van der Waals surface area contributed by atoms with Gasteiger partial charge in [0.15, 0.2) is 0 Å². The number of aromatic hydroxyl groups is 1. The molecule has 21 heavy (non-hydrogen) atoms. The summed E-state index contributed by atoms with van der Waals surface area (Å²) in [5, 5.41) is 23.0. The second-order valence-corrected chi connectivity index (χ2v) is 5.52. The topological polar surface area (TPSA) is 65.0 Å². The lowest BCUT2D eigenvalue weighted by molar-refractivity contribution is 0.123. The van der Waals surface area contributed by atoms with Crippen molar-refractivity contribution >= 4 is 0 Å². The van der Waals surface area contributed by atoms with Crippen molar-refractivity contribution in [1.29, 1.82) is 0 Å². The van der Waals surface area contributed by atoms with Crippen molar-refractivity contribution in [2.75, 3.05) is 32.8 Å². The Balaban J connectivity index is 1.75. The highest BCUT2D eigenvalue weighted by atomic mass is 16.5. The van der Waals surface area contributed by atoms with E-state index in [1.54, 1.807) is 12.1 Å². The monoisotopic (exact) mass is 294 g/mol. The van der Waals surface area contributed by atoms with Crippen LogP contribution >= 0.6 is 0 Å². The van der Waals surface area contributed by atoms with Crippen LogP contribution in [0.25, 0.3) is 0 Å². The molecule has 1 aromatic rings. The van der Waals surface area contributed by atoms with E-state index < -0.39 is 0 Å². The summed E-state index contributed by atoms with van der Waals surface area (Å²) in [6.07, 6.45) is 2.09. The molecule has 0 bridgehead atoms. The highest BCUT2D eigenvalue weighted by Crippen LogP contribution is 2.22. The first-order chi connectivity index (χ1) is 10.2. The molecule has 1 aliphatic heterocycles. The molecule has 3 N–H and O–H groups in total. The van der Waals surface area contributed by atoms with Gasteiger partial charge >= 0.3 is 0 Å². The van der Waals surface area contributed by atoms with Gasteiger partial charge in [0.1, 0.15) is 11.5 Å². The number of nitrogens with zero attached hydrogens (tertiary/aromatic N) is 1. The molecule has 1 saturated heterocycles. The maximum Gasteiger partial charge on any atom is 0.120 e. The Bertz CT molecular complexity index is 434. The third-order valence-electron chi connectivity index (χ3n) is 3.73. The van der Waals surface area contributed by atoms with E-state index in [4.69, 9.17) is 4.74 Å². The summed E-state index contributed by atoms with van der Waals surface area (Å²) in [6, 6.07) is 5.23. The second kappa shape index (κ2) is 8.22. The maximum absolute atomic E-state index is 10.0. The first kappa shape index (κ1) is 16.1. The molecule has 2 rings (SSSR count). The van der Waals surface area contributed by atoms with Crippen molar-refractivity contribution in [2.45, 2.75) is 32.4 Å². The van der Waals surface area contributed by atoms with Crippen LogP contribution in [-0.2, 0) is 6.54 Å². The van der Waals surface area contributed by atoms with E-state index in [1.807, 2.05) is 13.0 Å². The number of benzene rings is 1. The fourth-order valence-corrected chi connectivity index (χ4v) is 2.66. The van der Waals surface area contributed by atoms with Gasteiger partial charge in [-0.1, -0.05) is 0 Å². The van der Waals surface area contributed by atoms with Gasteiger partial charge in [0, 0.05) is 25.2 Å². The molecule has 1 aromatic carbocycles. The van der Waals surface area contributed by atoms with Crippen molar-refractivity contribution in [2.24, 2.45) is 0 Å². The Hall–Kier alpha value is -1.30. The van der Waals surface area contributed by atoms with Gasteiger partial charge in [-0.2, -0.15) is 0 Å². The summed E-state index contributed by atoms with van der Waals surface area (Å²) in [5.74, 6) is 1.00. The largest absolute Gasteiger partial charge is 0.508 e. The Morgan fingerprint density at radius 1 is 1.33 bits per heavy atom. The number of hydrogen-bond donors (Lipinski definition) is 3. The van der Waals surface area contributed by atoms with Gasteiger partial charge < -0.3 is 25.2 Å². The van der Waals surface area contributed by atoms with Crippen LogP contribution in [0.3, 0.4) is 0 Å². The van der Waals surface area contributed by atoms with Gasteiger partial charge in [0.25, 0.3) is 0 Å². The quantitative estimate of drug-likeness (QED) is 0.675. The molecule has 0 radical (unpaired) electrons.